The van der Waals surface area contributed by atoms with Crippen LogP contribution in [0.4, 0.5) is 0 Å². The number of hydrogen-bond acceptors (Lipinski definition) is 3. The van der Waals surface area contributed by atoms with Crippen LogP contribution in [0.2, 0.25) is 0 Å². The van der Waals surface area contributed by atoms with E-state index in [9.17, 15) is 0 Å². The maximum absolute atomic E-state index is 5.58. The van der Waals surface area contributed by atoms with E-state index < -0.39 is 0 Å². The maximum atomic E-state index is 5.58. The van der Waals surface area contributed by atoms with Crippen molar-refractivity contribution in [3.8, 4) is 0 Å². The van der Waals surface area contributed by atoms with Crippen LogP contribution in [0.15, 0.2) is 30.3 Å². The average Bonchev–Trinajstić information content (AvgIpc) is 2.74. The number of methoxy groups -OCH3 is 1. The Hall–Kier alpha value is -1.46. The number of rotatable bonds is 4. The van der Waals surface area contributed by atoms with E-state index >= 15 is 0 Å². The molecule has 0 amide bonds. The second-order valence-corrected chi connectivity index (χ2v) is 4.76. The molecule has 0 radical (unpaired) electrons. The zero-order valence-electron chi connectivity index (χ0n) is 10.8. The van der Waals surface area contributed by atoms with Crippen LogP contribution in [0.5, 0.6) is 0 Å². The van der Waals surface area contributed by atoms with Gasteiger partial charge in [-0.1, -0.05) is 30.3 Å². The molecule has 1 atom stereocenters. The highest BCUT2D eigenvalue weighted by Crippen LogP contribution is 2.25. The highest BCUT2D eigenvalue weighted by Gasteiger charge is 2.21. The lowest BCUT2D eigenvalue weighted by molar-refractivity contribution is 0.124. The van der Waals surface area contributed by atoms with Gasteiger partial charge in [0.05, 0.1) is 0 Å². The van der Waals surface area contributed by atoms with Gasteiger partial charge in [-0.15, -0.1) is 0 Å². The van der Waals surface area contributed by atoms with Crippen molar-refractivity contribution in [1.29, 1.82) is 0 Å². The van der Waals surface area contributed by atoms with Crippen LogP contribution in [-0.4, -0.2) is 21.9 Å². The first-order valence-electron chi connectivity index (χ1n) is 5.89. The first-order chi connectivity index (χ1) is 8.65. The molecule has 2 aromatic rings. The SMILES string of the molecule is COC(c1ccccc1)c1n[nH]c(=S)n1C(C)C. The summed E-state index contributed by atoms with van der Waals surface area (Å²) in [7, 11) is 1.68. The normalized spacial score (nSPS) is 12.9. The summed E-state index contributed by atoms with van der Waals surface area (Å²) in [6.45, 7) is 4.15. The van der Waals surface area contributed by atoms with Crippen molar-refractivity contribution in [2.75, 3.05) is 7.11 Å². The minimum absolute atomic E-state index is 0.207. The fourth-order valence-corrected chi connectivity index (χ4v) is 2.37. The lowest BCUT2D eigenvalue weighted by Crippen LogP contribution is -2.13. The first-order valence-corrected chi connectivity index (χ1v) is 6.30. The van der Waals surface area contributed by atoms with Crippen molar-refractivity contribution >= 4 is 12.2 Å². The first kappa shape index (κ1) is 13.0. The minimum Gasteiger partial charge on any atom is -0.369 e. The quantitative estimate of drug-likeness (QED) is 0.861. The summed E-state index contributed by atoms with van der Waals surface area (Å²) in [5.41, 5.74) is 1.07. The third-order valence-corrected chi connectivity index (χ3v) is 3.11. The van der Waals surface area contributed by atoms with Crippen LogP contribution in [-0.2, 0) is 4.74 Å². The lowest BCUT2D eigenvalue weighted by Gasteiger charge is -2.18. The van der Waals surface area contributed by atoms with E-state index in [4.69, 9.17) is 17.0 Å². The van der Waals surface area contributed by atoms with E-state index in [1.807, 2.05) is 34.9 Å². The monoisotopic (exact) mass is 263 g/mol. The molecule has 18 heavy (non-hydrogen) atoms. The standard InChI is InChI=1S/C13H17N3OS/c1-9(2)16-12(14-15-13(16)18)11(17-3)10-7-5-4-6-8-10/h4-9,11H,1-3H3,(H,15,18). The average molecular weight is 263 g/mol. The van der Waals surface area contributed by atoms with Crippen LogP contribution in [0.1, 0.15) is 37.4 Å². The predicted molar refractivity (Wildman–Crippen MR) is 73.1 cm³/mol. The number of H-pyrrole nitrogens is 1. The molecular formula is C13H17N3OS. The van der Waals surface area contributed by atoms with Crippen LogP contribution in [0.25, 0.3) is 0 Å². The highest BCUT2D eigenvalue weighted by atomic mass is 32.1. The lowest BCUT2D eigenvalue weighted by atomic mass is 10.1. The van der Waals surface area contributed by atoms with E-state index in [-0.39, 0.29) is 12.1 Å². The molecule has 0 spiro atoms. The van der Waals surface area contributed by atoms with E-state index in [0.29, 0.717) is 4.77 Å². The molecule has 5 heteroatoms. The molecular weight excluding hydrogens is 246 g/mol. The molecule has 2 rings (SSSR count). The smallest absolute Gasteiger partial charge is 0.195 e. The Morgan fingerprint density at radius 2 is 1.94 bits per heavy atom. The zero-order chi connectivity index (χ0) is 13.1. The Bertz CT molecular complexity index is 559. The third kappa shape index (κ3) is 2.37. The molecule has 1 aromatic heterocycles. The van der Waals surface area contributed by atoms with E-state index in [1.54, 1.807) is 7.11 Å². The van der Waals surface area contributed by atoms with Gasteiger partial charge >= 0.3 is 0 Å². The van der Waals surface area contributed by atoms with Gasteiger partial charge in [0.2, 0.25) is 0 Å². The van der Waals surface area contributed by atoms with Gasteiger partial charge in [0.1, 0.15) is 6.10 Å². The molecule has 96 valence electrons. The van der Waals surface area contributed by atoms with E-state index in [0.717, 1.165) is 11.4 Å². The fraction of sp³-hybridized carbons (Fsp3) is 0.385. The van der Waals surface area contributed by atoms with Crippen LogP contribution >= 0.6 is 12.2 Å². The van der Waals surface area contributed by atoms with Gasteiger partial charge in [0.15, 0.2) is 10.6 Å². The Labute approximate surface area is 112 Å². The van der Waals surface area contributed by atoms with Gasteiger partial charge in [0, 0.05) is 13.2 Å². The van der Waals surface area contributed by atoms with Gasteiger partial charge in [-0.2, -0.15) is 5.10 Å². The molecule has 0 fully saturated rings. The number of aromatic nitrogens is 3. The molecule has 0 saturated carbocycles. The zero-order valence-corrected chi connectivity index (χ0v) is 11.6. The second kappa shape index (κ2) is 5.46. The summed E-state index contributed by atoms with van der Waals surface area (Å²) in [5, 5.41) is 7.14. The van der Waals surface area contributed by atoms with Crippen molar-refractivity contribution < 1.29 is 4.74 Å². The molecule has 1 N–H and O–H groups in total. The van der Waals surface area contributed by atoms with Crippen LogP contribution < -0.4 is 0 Å². The Balaban J connectivity index is 2.49. The molecule has 0 bridgehead atoms. The molecule has 0 saturated heterocycles. The van der Waals surface area contributed by atoms with E-state index in [2.05, 4.69) is 24.0 Å². The summed E-state index contributed by atoms with van der Waals surface area (Å²) >= 11 is 5.26. The summed E-state index contributed by atoms with van der Waals surface area (Å²) in [6.07, 6.45) is -0.207. The number of aromatic amines is 1. The van der Waals surface area contributed by atoms with Crippen molar-refractivity contribution in [2.45, 2.75) is 26.0 Å². The predicted octanol–water partition coefficient (Wildman–Crippen LogP) is 3.26. The maximum Gasteiger partial charge on any atom is 0.195 e. The number of ether oxygens (including phenoxy) is 1. The number of benzene rings is 1. The van der Waals surface area contributed by atoms with Gasteiger partial charge in [-0.25, -0.2) is 0 Å². The third-order valence-electron chi connectivity index (χ3n) is 2.82. The molecule has 0 aliphatic carbocycles. The molecule has 1 heterocycles. The Morgan fingerprint density at radius 1 is 1.28 bits per heavy atom. The van der Waals surface area contributed by atoms with Gasteiger partial charge in [-0.3, -0.25) is 9.67 Å². The number of hydrogen-bond donors (Lipinski definition) is 1. The van der Waals surface area contributed by atoms with Crippen molar-refractivity contribution in [1.82, 2.24) is 14.8 Å². The summed E-state index contributed by atoms with van der Waals surface area (Å²) in [4.78, 5) is 0. The minimum atomic E-state index is -0.207. The van der Waals surface area contributed by atoms with Crippen molar-refractivity contribution in [3.63, 3.8) is 0 Å². The fourth-order valence-electron chi connectivity index (χ4n) is 2.02. The Morgan fingerprint density at radius 3 is 2.50 bits per heavy atom. The highest BCUT2D eigenvalue weighted by molar-refractivity contribution is 7.71. The summed E-state index contributed by atoms with van der Waals surface area (Å²) in [5.74, 6) is 0.809. The number of nitrogens with zero attached hydrogens (tertiary/aromatic N) is 2. The molecule has 4 nitrogen and oxygen atoms in total. The van der Waals surface area contributed by atoms with Crippen molar-refractivity contribution in [2.24, 2.45) is 0 Å². The Kier molecular flexibility index (Phi) is 3.93. The molecule has 0 aliphatic rings. The number of nitrogens with one attached hydrogen (secondary N) is 1. The topological polar surface area (TPSA) is 42.8 Å². The largest absolute Gasteiger partial charge is 0.369 e. The summed E-state index contributed by atoms with van der Waals surface area (Å²) < 4.78 is 8.18. The summed E-state index contributed by atoms with van der Waals surface area (Å²) in [6, 6.07) is 10.3. The van der Waals surface area contributed by atoms with Crippen molar-refractivity contribution in [3.05, 3.63) is 46.5 Å². The van der Waals surface area contributed by atoms with Gasteiger partial charge in [-0.05, 0) is 31.6 Å². The molecule has 0 aliphatic heterocycles. The molecule has 1 unspecified atom stereocenters. The van der Waals surface area contributed by atoms with Crippen LogP contribution in [0, 0.1) is 4.77 Å². The molecule has 1 aromatic carbocycles. The van der Waals surface area contributed by atoms with Gasteiger partial charge < -0.3 is 4.74 Å². The van der Waals surface area contributed by atoms with Gasteiger partial charge in [0.25, 0.3) is 0 Å². The van der Waals surface area contributed by atoms with E-state index in [1.165, 1.54) is 0 Å². The second-order valence-electron chi connectivity index (χ2n) is 4.38. The van der Waals surface area contributed by atoms with Crippen LogP contribution in [0.3, 0.4) is 0 Å².